The second-order valence-corrected chi connectivity index (χ2v) is 4.84. The van der Waals surface area contributed by atoms with Crippen molar-refractivity contribution in [2.45, 2.75) is 19.3 Å². The third-order valence-electron chi connectivity index (χ3n) is 3.16. The standard InChI is InChI=1S/C12H13ClN2O4/c13-10-7-8(15(18)19)6-9(12(16)17)11(10)14-4-2-1-3-5-14/h6-7H,1-5H2,(H,16,17). The van der Waals surface area contributed by atoms with E-state index < -0.39 is 10.9 Å². The van der Waals surface area contributed by atoms with Crippen LogP contribution in [0.3, 0.4) is 0 Å². The second kappa shape index (κ2) is 5.44. The molecule has 1 saturated heterocycles. The van der Waals surface area contributed by atoms with Gasteiger partial charge in [0.1, 0.15) is 0 Å². The van der Waals surface area contributed by atoms with E-state index in [1.165, 1.54) is 6.07 Å². The molecule has 0 amide bonds. The summed E-state index contributed by atoms with van der Waals surface area (Å²) < 4.78 is 0. The molecule has 0 saturated carbocycles. The van der Waals surface area contributed by atoms with Crippen LogP contribution in [-0.2, 0) is 0 Å². The van der Waals surface area contributed by atoms with E-state index in [9.17, 15) is 20.0 Å². The van der Waals surface area contributed by atoms with E-state index in [2.05, 4.69) is 0 Å². The lowest BCUT2D eigenvalue weighted by Crippen LogP contribution is -2.31. The third-order valence-corrected chi connectivity index (χ3v) is 3.45. The van der Waals surface area contributed by atoms with Crippen LogP contribution in [0.25, 0.3) is 0 Å². The first-order valence-corrected chi connectivity index (χ1v) is 6.34. The number of halogens is 1. The third kappa shape index (κ3) is 2.78. The Morgan fingerprint density at radius 2 is 1.95 bits per heavy atom. The Balaban J connectivity index is 2.51. The topological polar surface area (TPSA) is 83.7 Å². The molecule has 1 aromatic carbocycles. The zero-order valence-corrected chi connectivity index (χ0v) is 10.9. The summed E-state index contributed by atoms with van der Waals surface area (Å²) in [6, 6.07) is 2.27. The first-order valence-electron chi connectivity index (χ1n) is 5.97. The summed E-state index contributed by atoms with van der Waals surface area (Å²) in [4.78, 5) is 23.3. The maximum Gasteiger partial charge on any atom is 0.338 e. The molecule has 19 heavy (non-hydrogen) atoms. The minimum absolute atomic E-state index is 0.110. The lowest BCUT2D eigenvalue weighted by atomic mass is 10.1. The minimum Gasteiger partial charge on any atom is -0.478 e. The van der Waals surface area contributed by atoms with Crippen molar-refractivity contribution in [3.8, 4) is 0 Å². The van der Waals surface area contributed by atoms with Gasteiger partial charge in [0.05, 0.1) is 21.2 Å². The second-order valence-electron chi connectivity index (χ2n) is 4.43. The molecule has 0 unspecified atom stereocenters. The fourth-order valence-electron chi connectivity index (χ4n) is 2.29. The molecule has 102 valence electrons. The average molecular weight is 285 g/mol. The molecule has 7 heteroatoms. The number of aromatic carboxylic acids is 1. The number of hydrogen-bond donors (Lipinski definition) is 1. The van der Waals surface area contributed by atoms with Gasteiger partial charge in [-0.3, -0.25) is 10.1 Å². The van der Waals surface area contributed by atoms with Gasteiger partial charge in [-0.15, -0.1) is 0 Å². The summed E-state index contributed by atoms with van der Waals surface area (Å²) in [6.07, 6.45) is 3.03. The summed E-state index contributed by atoms with van der Waals surface area (Å²) in [5.74, 6) is -1.20. The Bertz CT molecular complexity index is 527. The van der Waals surface area contributed by atoms with E-state index in [1.807, 2.05) is 4.90 Å². The number of benzene rings is 1. The Labute approximate surface area is 114 Å². The maximum atomic E-state index is 11.3. The van der Waals surface area contributed by atoms with Crippen molar-refractivity contribution in [2.24, 2.45) is 0 Å². The number of carboxylic acids is 1. The summed E-state index contributed by atoms with van der Waals surface area (Å²) in [5, 5.41) is 20.1. The fraction of sp³-hybridized carbons (Fsp3) is 0.417. The Kier molecular flexibility index (Phi) is 3.90. The van der Waals surface area contributed by atoms with Crippen LogP contribution in [0.4, 0.5) is 11.4 Å². The van der Waals surface area contributed by atoms with Gasteiger partial charge in [0.15, 0.2) is 0 Å². The highest BCUT2D eigenvalue weighted by Crippen LogP contribution is 2.35. The van der Waals surface area contributed by atoms with E-state index in [-0.39, 0.29) is 16.3 Å². The SMILES string of the molecule is O=C(O)c1cc([N+](=O)[O-])cc(Cl)c1N1CCCCC1. The van der Waals surface area contributed by atoms with Crippen LogP contribution < -0.4 is 4.90 Å². The van der Waals surface area contributed by atoms with Gasteiger partial charge in [0, 0.05) is 25.2 Å². The van der Waals surface area contributed by atoms with E-state index in [4.69, 9.17) is 11.6 Å². The van der Waals surface area contributed by atoms with Crippen molar-refractivity contribution in [3.63, 3.8) is 0 Å². The van der Waals surface area contributed by atoms with Crippen molar-refractivity contribution in [1.29, 1.82) is 0 Å². The molecule has 0 aliphatic carbocycles. The minimum atomic E-state index is -1.20. The largest absolute Gasteiger partial charge is 0.478 e. The van der Waals surface area contributed by atoms with Crippen molar-refractivity contribution in [3.05, 3.63) is 32.8 Å². The first kappa shape index (κ1) is 13.6. The molecule has 1 aliphatic rings. The van der Waals surface area contributed by atoms with Crippen LogP contribution in [-0.4, -0.2) is 29.1 Å². The fourth-order valence-corrected chi connectivity index (χ4v) is 2.63. The van der Waals surface area contributed by atoms with Crippen LogP contribution in [0.1, 0.15) is 29.6 Å². The van der Waals surface area contributed by atoms with Crippen molar-refractivity contribution in [1.82, 2.24) is 0 Å². The maximum absolute atomic E-state index is 11.3. The van der Waals surface area contributed by atoms with Crippen LogP contribution in [0, 0.1) is 10.1 Å². The van der Waals surface area contributed by atoms with Crippen molar-refractivity contribution < 1.29 is 14.8 Å². The van der Waals surface area contributed by atoms with Gasteiger partial charge in [0.25, 0.3) is 5.69 Å². The van der Waals surface area contributed by atoms with E-state index in [1.54, 1.807) is 0 Å². The van der Waals surface area contributed by atoms with Gasteiger partial charge in [0.2, 0.25) is 0 Å². The van der Waals surface area contributed by atoms with E-state index >= 15 is 0 Å². The summed E-state index contributed by atoms with van der Waals surface area (Å²) in [5.41, 5.74) is -0.0243. The van der Waals surface area contributed by atoms with Crippen LogP contribution >= 0.6 is 11.6 Å². The molecule has 0 bridgehead atoms. The Hall–Kier alpha value is -1.82. The first-order chi connectivity index (χ1) is 9.00. The zero-order valence-electron chi connectivity index (χ0n) is 10.1. The Morgan fingerprint density at radius 3 is 2.47 bits per heavy atom. The molecule has 0 radical (unpaired) electrons. The number of anilines is 1. The highest BCUT2D eigenvalue weighted by molar-refractivity contribution is 6.34. The van der Waals surface area contributed by atoms with E-state index in [0.29, 0.717) is 5.69 Å². The molecule has 6 nitrogen and oxygen atoms in total. The Morgan fingerprint density at radius 1 is 1.32 bits per heavy atom. The molecule has 0 spiro atoms. The number of non-ortho nitro benzene ring substituents is 1. The molecule has 1 heterocycles. The summed E-state index contributed by atoms with van der Waals surface area (Å²) in [6.45, 7) is 1.44. The average Bonchev–Trinajstić information content (AvgIpc) is 2.38. The van der Waals surface area contributed by atoms with Crippen molar-refractivity contribution in [2.75, 3.05) is 18.0 Å². The molecule has 1 N–H and O–H groups in total. The molecule has 1 fully saturated rings. The number of nitro benzene ring substituents is 1. The van der Waals surface area contributed by atoms with Crippen LogP contribution in [0.2, 0.25) is 5.02 Å². The van der Waals surface area contributed by atoms with E-state index in [0.717, 1.165) is 38.4 Å². The van der Waals surface area contributed by atoms with Gasteiger partial charge >= 0.3 is 5.97 Å². The van der Waals surface area contributed by atoms with Gasteiger partial charge in [-0.1, -0.05) is 11.6 Å². The van der Waals surface area contributed by atoms with Crippen LogP contribution in [0.5, 0.6) is 0 Å². The molecule has 0 aromatic heterocycles. The number of rotatable bonds is 3. The smallest absolute Gasteiger partial charge is 0.338 e. The number of carboxylic acid groups (broad SMARTS) is 1. The van der Waals surface area contributed by atoms with Gasteiger partial charge in [-0.2, -0.15) is 0 Å². The van der Waals surface area contributed by atoms with Gasteiger partial charge < -0.3 is 10.0 Å². The highest BCUT2D eigenvalue weighted by atomic mass is 35.5. The lowest BCUT2D eigenvalue weighted by molar-refractivity contribution is -0.384. The zero-order chi connectivity index (χ0) is 14.0. The number of nitro groups is 1. The molecular weight excluding hydrogens is 272 g/mol. The quantitative estimate of drug-likeness (QED) is 0.681. The predicted molar refractivity (Wildman–Crippen MR) is 71.1 cm³/mol. The molecular formula is C12H13ClN2O4. The summed E-state index contributed by atoms with van der Waals surface area (Å²) >= 11 is 6.05. The van der Waals surface area contributed by atoms with Crippen LogP contribution in [0.15, 0.2) is 12.1 Å². The summed E-state index contributed by atoms with van der Waals surface area (Å²) in [7, 11) is 0. The molecule has 0 atom stereocenters. The number of carbonyl (C=O) groups is 1. The monoisotopic (exact) mass is 284 g/mol. The number of nitrogens with zero attached hydrogens (tertiary/aromatic N) is 2. The number of piperidine rings is 1. The van der Waals surface area contributed by atoms with Gasteiger partial charge in [-0.25, -0.2) is 4.79 Å². The highest BCUT2D eigenvalue weighted by Gasteiger charge is 2.24. The van der Waals surface area contributed by atoms with Crippen molar-refractivity contribution >= 4 is 28.9 Å². The predicted octanol–water partition coefficient (Wildman–Crippen LogP) is 2.94. The molecule has 1 aromatic rings. The lowest BCUT2D eigenvalue weighted by Gasteiger charge is -2.30. The van der Waals surface area contributed by atoms with Gasteiger partial charge in [-0.05, 0) is 19.3 Å². The molecule has 1 aliphatic heterocycles. The number of hydrogen-bond acceptors (Lipinski definition) is 4. The normalized spacial score (nSPS) is 15.3. The molecule has 2 rings (SSSR count).